The third-order valence-corrected chi connectivity index (χ3v) is 3.04. The van der Waals surface area contributed by atoms with Gasteiger partial charge in [-0.2, -0.15) is 0 Å². The van der Waals surface area contributed by atoms with E-state index in [1.807, 2.05) is 27.7 Å². The summed E-state index contributed by atoms with van der Waals surface area (Å²) in [5.74, 6) is -0.0622. The monoisotopic (exact) mass is 256 g/mol. The Kier molecular flexibility index (Phi) is 5.17. The van der Waals surface area contributed by atoms with Crippen molar-refractivity contribution in [3.8, 4) is 0 Å². The summed E-state index contributed by atoms with van der Waals surface area (Å²) < 4.78 is 10.3. The van der Waals surface area contributed by atoms with Crippen molar-refractivity contribution >= 4 is 11.9 Å². The van der Waals surface area contributed by atoms with E-state index in [1.165, 1.54) is 0 Å². The van der Waals surface area contributed by atoms with Crippen LogP contribution in [-0.4, -0.2) is 24.1 Å². The quantitative estimate of drug-likeness (QED) is 0.726. The smallest absolute Gasteiger partial charge is 0.308 e. The molecule has 1 aliphatic carbocycles. The molecular weight excluding hydrogens is 232 g/mol. The standard InChI is InChI=1S/C14H24O4/c1-5-17-13(16)11-7-6-10(8-11)9-12(15)18-14(2,3)4/h10-11H,5-9H2,1-4H3. The van der Waals surface area contributed by atoms with E-state index in [2.05, 4.69) is 0 Å². The predicted octanol–water partition coefficient (Wildman–Crippen LogP) is 2.70. The summed E-state index contributed by atoms with van der Waals surface area (Å²) in [6, 6.07) is 0. The molecule has 4 heteroatoms. The van der Waals surface area contributed by atoms with E-state index in [4.69, 9.17) is 9.47 Å². The number of hydrogen-bond donors (Lipinski definition) is 0. The van der Waals surface area contributed by atoms with Gasteiger partial charge in [0.1, 0.15) is 5.60 Å². The Hall–Kier alpha value is -1.06. The maximum absolute atomic E-state index is 11.7. The second kappa shape index (κ2) is 6.21. The van der Waals surface area contributed by atoms with Gasteiger partial charge in [-0.15, -0.1) is 0 Å². The van der Waals surface area contributed by atoms with Crippen molar-refractivity contribution in [2.24, 2.45) is 11.8 Å². The van der Waals surface area contributed by atoms with E-state index in [0.29, 0.717) is 13.0 Å². The first-order valence-electron chi connectivity index (χ1n) is 6.70. The maximum atomic E-state index is 11.7. The molecule has 0 bridgehead atoms. The van der Waals surface area contributed by atoms with Gasteiger partial charge in [-0.3, -0.25) is 9.59 Å². The maximum Gasteiger partial charge on any atom is 0.308 e. The summed E-state index contributed by atoms with van der Waals surface area (Å²) in [5.41, 5.74) is -0.434. The Bertz CT molecular complexity index is 303. The van der Waals surface area contributed by atoms with Crippen molar-refractivity contribution in [1.82, 2.24) is 0 Å². The van der Waals surface area contributed by atoms with Crippen LogP contribution in [-0.2, 0) is 19.1 Å². The second-order valence-electron chi connectivity index (χ2n) is 5.92. The Labute approximate surface area is 109 Å². The van der Waals surface area contributed by atoms with Crippen molar-refractivity contribution in [2.75, 3.05) is 6.61 Å². The number of ether oxygens (including phenoxy) is 2. The molecule has 0 spiro atoms. The van der Waals surface area contributed by atoms with E-state index >= 15 is 0 Å². The molecule has 1 saturated carbocycles. The van der Waals surface area contributed by atoms with Crippen molar-refractivity contribution in [3.63, 3.8) is 0 Å². The SMILES string of the molecule is CCOC(=O)C1CCC(CC(=O)OC(C)(C)C)C1. The van der Waals surface area contributed by atoms with E-state index in [1.54, 1.807) is 0 Å². The third-order valence-electron chi connectivity index (χ3n) is 3.04. The number of esters is 2. The molecule has 0 aromatic carbocycles. The Balaban J connectivity index is 2.34. The molecule has 0 aromatic heterocycles. The highest BCUT2D eigenvalue weighted by Gasteiger charge is 2.32. The summed E-state index contributed by atoms with van der Waals surface area (Å²) in [7, 11) is 0. The van der Waals surface area contributed by atoms with E-state index in [-0.39, 0.29) is 23.8 Å². The molecule has 2 atom stereocenters. The Morgan fingerprint density at radius 3 is 2.44 bits per heavy atom. The van der Waals surface area contributed by atoms with Gasteiger partial charge in [0.05, 0.1) is 12.5 Å². The van der Waals surface area contributed by atoms with E-state index in [0.717, 1.165) is 19.3 Å². The fourth-order valence-electron chi connectivity index (χ4n) is 2.35. The van der Waals surface area contributed by atoms with Crippen LogP contribution in [0.15, 0.2) is 0 Å². The largest absolute Gasteiger partial charge is 0.466 e. The lowest BCUT2D eigenvalue weighted by Crippen LogP contribution is -2.25. The molecule has 104 valence electrons. The topological polar surface area (TPSA) is 52.6 Å². The van der Waals surface area contributed by atoms with Gasteiger partial charge in [0.15, 0.2) is 0 Å². The van der Waals surface area contributed by atoms with Crippen LogP contribution < -0.4 is 0 Å². The number of hydrogen-bond acceptors (Lipinski definition) is 4. The lowest BCUT2D eigenvalue weighted by molar-refractivity contribution is -0.156. The summed E-state index contributed by atoms with van der Waals surface area (Å²) in [6.45, 7) is 7.82. The highest BCUT2D eigenvalue weighted by molar-refractivity contribution is 5.73. The Morgan fingerprint density at radius 1 is 1.22 bits per heavy atom. The van der Waals surface area contributed by atoms with Crippen molar-refractivity contribution in [3.05, 3.63) is 0 Å². The van der Waals surface area contributed by atoms with Gasteiger partial charge in [0.2, 0.25) is 0 Å². The first-order chi connectivity index (χ1) is 8.31. The van der Waals surface area contributed by atoms with Crippen LogP contribution in [0.4, 0.5) is 0 Å². The van der Waals surface area contributed by atoms with Crippen LogP contribution in [0.25, 0.3) is 0 Å². The summed E-state index contributed by atoms with van der Waals surface area (Å²) in [4.78, 5) is 23.2. The second-order valence-corrected chi connectivity index (χ2v) is 5.92. The van der Waals surface area contributed by atoms with Crippen molar-refractivity contribution in [1.29, 1.82) is 0 Å². The Morgan fingerprint density at radius 2 is 1.89 bits per heavy atom. The molecule has 18 heavy (non-hydrogen) atoms. The zero-order valence-corrected chi connectivity index (χ0v) is 11.8. The minimum absolute atomic E-state index is 0.0302. The van der Waals surface area contributed by atoms with Crippen LogP contribution >= 0.6 is 0 Å². The minimum atomic E-state index is -0.434. The highest BCUT2D eigenvalue weighted by atomic mass is 16.6. The molecule has 0 radical (unpaired) electrons. The lowest BCUT2D eigenvalue weighted by Gasteiger charge is -2.20. The molecule has 0 heterocycles. The molecule has 0 saturated heterocycles. The van der Waals surface area contributed by atoms with Crippen molar-refractivity contribution in [2.45, 2.75) is 59.0 Å². The molecule has 2 unspecified atom stereocenters. The predicted molar refractivity (Wildman–Crippen MR) is 67.9 cm³/mol. The summed E-state index contributed by atoms with van der Waals surface area (Å²) in [6.07, 6.45) is 2.89. The zero-order chi connectivity index (χ0) is 13.8. The lowest BCUT2D eigenvalue weighted by atomic mass is 10.0. The van der Waals surface area contributed by atoms with Gasteiger partial charge >= 0.3 is 11.9 Å². The van der Waals surface area contributed by atoms with Crippen LogP contribution in [0.1, 0.15) is 53.4 Å². The van der Waals surface area contributed by atoms with Crippen LogP contribution in [0.5, 0.6) is 0 Å². The van der Waals surface area contributed by atoms with Crippen LogP contribution in [0.2, 0.25) is 0 Å². The summed E-state index contributed by atoms with van der Waals surface area (Å²) in [5, 5.41) is 0. The van der Waals surface area contributed by atoms with Crippen LogP contribution in [0, 0.1) is 11.8 Å². The average Bonchev–Trinajstić information content (AvgIpc) is 2.63. The molecule has 4 nitrogen and oxygen atoms in total. The fourth-order valence-corrected chi connectivity index (χ4v) is 2.35. The molecule has 0 amide bonds. The van der Waals surface area contributed by atoms with Crippen molar-refractivity contribution < 1.29 is 19.1 Å². The molecule has 0 N–H and O–H groups in total. The third kappa shape index (κ3) is 5.07. The number of rotatable bonds is 4. The molecule has 1 aliphatic rings. The molecule has 1 fully saturated rings. The number of carbonyl (C=O) groups excluding carboxylic acids is 2. The fraction of sp³-hybridized carbons (Fsp3) is 0.857. The minimum Gasteiger partial charge on any atom is -0.466 e. The molecule has 1 rings (SSSR count). The van der Waals surface area contributed by atoms with E-state index in [9.17, 15) is 9.59 Å². The normalized spacial score (nSPS) is 23.8. The van der Waals surface area contributed by atoms with Gasteiger partial charge in [0.25, 0.3) is 0 Å². The summed E-state index contributed by atoms with van der Waals surface area (Å²) >= 11 is 0. The molecular formula is C14H24O4. The van der Waals surface area contributed by atoms with Gasteiger partial charge < -0.3 is 9.47 Å². The highest BCUT2D eigenvalue weighted by Crippen LogP contribution is 2.34. The first kappa shape index (κ1) is 15.0. The molecule has 0 aromatic rings. The molecule has 0 aliphatic heterocycles. The average molecular weight is 256 g/mol. The van der Waals surface area contributed by atoms with Gasteiger partial charge in [0, 0.05) is 6.42 Å². The van der Waals surface area contributed by atoms with Gasteiger partial charge in [-0.05, 0) is 52.9 Å². The van der Waals surface area contributed by atoms with Crippen LogP contribution in [0.3, 0.4) is 0 Å². The van der Waals surface area contributed by atoms with E-state index < -0.39 is 5.60 Å². The van der Waals surface area contributed by atoms with Gasteiger partial charge in [-0.1, -0.05) is 0 Å². The number of carbonyl (C=O) groups is 2. The first-order valence-corrected chi connectivity index (χ1v) is 6.70. The zero-order valence-electron chi connectivity index (χ0n) is 11.8. The van der Waals surface area contributed by atoms with Gasteiger partial charge in [-0.25, -0.2) is 0 Å².